The standard InChI is InChI=1S/C11H11F3O5S/c1-6-2-3-9(19-20(17,18)11(12,13)14)8-5-10(15,16)4-7(6)8/h2-3,15-16H,4-5H2,1H3. The predicted octanol–water partition coefficient (Wildman–Crippen LogP) is 1.00. The Kier molecular flexibility index (Phi) is 3.27. The smallest absolute Gasteiger partial charge is 0.376 e. The van der Waals surface area contributed by atoms with Gasteiger partial charge in [0.15, 0.2) is 5.79 Å². The molecular formula is C11H11F3O5S. The fraction of sp³-hybridized carbons (Fsp3) is 0.455. The van der Waals surface area contributed by atoms with Gasteiger partial charge in [-0.3, -0.25) is 0 Å². The number of benzene rings is 1. The Bertz CT molecular complexity index is 649. The summed E-state index contributed by atoms with van der Waals surface area (Å²) >= 11 is 0. The molecule has 1 aromatic carbocycles. The average molecular weight is 312 g/mol. The van der Waals surface area contributed by atoms with E-state index in [0.717, 1.165) is 6.07 Å². The fourth-order valence-corrected chi connectivity index (χ4v) is 2.59. The van der Waals surface area contributed by atoms with Crippen molar-refractivity contribution in [3.63, 3.8) is 0 Å². The van der Waals surface area contributed by atoms with Crippen molar-refractivity contribution in [3.05, 3.63) is 28.8 Å². The Labute approximate surface area is 112 Å². The van der Waals surface area contributed by atoms with Crippen molar-refractivity contribution in [1.29, 1.82) is 0 Å². The van der Waals surface area contributed by atoms with Crippen molar-refractivity contribution < 1.29 is 36.0 Å². The van der Waals surface area contributed by atoms with Crippen LogP contribution in [-0.4, -0.2) is 29.9 Å². The molecule has 112 valence electrons. The molecule has 0 spiro atoms. The summed E-state index contributed by atoms with van der Waals surface area (Å²) in [4.78, 5) is 0. The first kappa shape index (κ1) is 15.1. The maximum absolute atomic E-state index is 12.3. The molecule has 0 aliphatic heterocycles. The lowest BCUT2D eigenvalue weighted by Gasteiger charge is -2.14. The Morgan fingerprint density at radius 3 is 2.30 bits per heavy atom. The summed E-state index contributed by atoms with van der Waals surface area (Å²) in [5, 5.41) is 19.1. The zero-order valence-electron chi connectivity index (χ0n) is 10.2. The minimum Gasteiger partial charge on any atom is -0.376 e. The zero-order chi connectivity index (χ0) is 15.3. The molecule has 0 aromatic heterocycles. The third-order valence-electron chi connectivity index (χ3n) is 3.03. The van der Waals surface area contributed by atoms with Gasteiger partial charge in [0.05, 0.1) is 0 Å². The second kappa shape index (κ2) is 4.34. The predicted molar refractivity (Wildman–Crippen MR) is 61.4 cm³/mol. The van der Waals surface area contributed by atoms with E-state index in [4.69, 9.17) is 0 Å². The van der Waals surface area contributed by atoms with Crippen LogP contribution < -0.4 is 4.18 Å². The van der Waals surface area contributed by atoms with Gasteiger partial charge in [0.1, 0.15) is 5.75 Å². The number of fused-ring (bicyclic) bond motifs is 1. The topological polar surface area (TPSA) is 83.8 Å². The molecule has 0 atom stereocenters. The molecule has 5 nitrogen and oxygen atoms in total. The normalized spacial score (nSPS) is 17.9. The maximum Gasteiger partial charge on any atom is 0.534 e. The first-order chi connectivity index (χ1) is 8.93. The molecule has 1 aliphatic carbocycles. The monoisotopic (exact) mass is 312 g/mol. The summed E-state index contributed by atoms with van der Waals surface area (Å²) in [6.07, 6.45) is -0.593. The third kappa shape index (κ3) is 2.60. The fourth-order valence-electron chi connectivity index (χ4n) is 2.10. The Balaban J connectivity index is 2.46. The highest BCUT2D eigenvalue weighted by Gasteiger charge is 2.49. The summed E-state index contributed by atoms with van der Waals surface area (Å²) < 4.78 is 62.9. The Morgan fingerprint density at radius 2 is 1.75 bits per heavy atom. The van der Waals surface area contributed by atoms with Gasteiger partial charge in [-0.2, -0.15) is 21.6 Å². The quantitative estimate of drug-likeness (QED) is 0.483. The van der Waals surface area contributed by atoms with Crippen molar-refractivity contribution in [2.75, 3.05) is 0 Å². The molecule has 1 aliphatic rings. The number of aryl methyl sites for hydroxylation is 1. The molecule has 1 aromatic rings. The van der Waals surface area contributed by atoms with Crippen LogP contribution in [0, 0.1) is 6.92 Å². The third-order valence-corrected chi connectivity index (χ3v) is 3.99. The second-order valence-corrected chi connectivity index (χ2v) is 6.19. The summed E-state index contributed by atoms with van der Waals surface area (Å²) in [5.41, 5.74) is -4.49. The van der Waals surface area contributed by atoms with E-state index in [1.54, 1.807) is 6.92 Å². The van der Waals surface area contributed by atoms with E-state index in [0.29, 0.717) is 11.1 Å². The highest BCUT2D eigenvalue weighted by molar-refractivity contribution is 7.88. The van der Waals surface area contributed by atoms with Crippen LogP contribution in [-0.2, 0) is 23.0 Å². The maximum atomic E-state index is 12.3. The molecule has 0 radical (unpaired) electrons. The van der Waals surface area contributed by atoms with E-state index in [-0.39, 0.29) is 12.0 Å². The second-order valence-electron chi connectivity index (χ2n) is 4.66. The molecular weight excluding hydrogens is 301 g/mol. The summed E-state index contributed by atoms with van der Waals surface area (Å²) in [6.45, 7) is 1.63. The van der Waals surface area contributed by atoms with E-state index in [2.05, 4.69) is 4.18 Å². The van der Waals surface area contributed by atoms with Gasteiger partial charge in [-0.1, -0.05) is 6.07 Å². The number of alkyl halides is 3. The van der Waals surface area contributed by atoms with Gasteiger partial charge < -0.3 is 14.4 Å². The molecule has 0 saturated carbocycles. The molecule has 9 heteroatoms. The van der Waals surface area contributed by atoms with Crippen LogP contribution in [0.5, 0.6) is 5.75 Å². The van der Waals surface area contributed by atoms with Gasteiger partial charge in [-0.15, -0.1) is 0 Å². The van der Waals surface area contributed by atoms with Crippen LogP contribution in [0.4, 0.5) is 13.2 Å². The van der Waals surface area contributed by atoms with Crippen molar-refractivity contribution >= 4 is 10.1 Å². The number of halogens is 3. The minimum absolute atomic E-state index is 0.0582. The Morgan fingerprint density at radius 1 is 1.20 bits per heavy atom. The van der Waals surface area contributed by atoms with Gasteiger partial charge in [0.2, 0.25) is 0 Å². The molecule has 2 N–H and O–H groups in total. The van der Waals surface area contributed by atoms with Crippen LogP contribution in [0.3, 0.4) is 0 Å². The minimum atomic E-state index is -5.79. The first-order valence-electron chi connectivity index (χ1n) is 5.50. The average Bonchev–Trinajstić information content (AvgIpc) is 2.57. The molecule has 0 unspecified atom stereocenters. The van der Waals surface area contributed by atoms with Crippen LogP contribution in [0.1, 0.15) is 16.7 Å². The van der Waals surface area contributed by atoms with E-state index in [1.807, 2.05) is 0 Å². The highest BCUT2D eigenvalue weighted by atomic mass is 32.2. The molecule has 20 heavy (non-hydrogen) atoms. The Hall–Kier alpha value is -1.32. The largest absolute Gasteiger partial charge is 0.534 e. The first-order valence-corrected chi connectivity index (χ1v) is 6.91. The SMILES string of the molecule is Cc1ccc(OS(=O)(=O)C(F)(F)F)c2c1CC(O)(O)C2. The van der Waals surface area contributed by atoms with Gasteiger partial charge in [-0.25, -0.2) is 0 Å². The van der Waals surface area contributed by atoms with E-state index < -0.39 is 33.6 Å². The van der Waals surface area contributed by atoms with Gasteiger partial charge >= 0.3 is 15.6 Å². The van der Waals surface area contributed by atoms with Gasteiger partial charge in [0.25, 0.3) is 0 Å². The van der Waals surface area contributed by atoms with Gasteiger partial charge in [0, 0.05) is 18.4 Å². The van der Waals surface area contributed by atoms with Crippen molar-refractivity contribution in [2.45, 2.75) is 31.1 Å². The molecule has 0 heterocycles. The van der Waals surface area contributed by atoms with E-state index in [9.17, 15) is 31.8 Å². The van der Waals surface area contributed by atoms with Crippen molar-refractivity contribution in [2.24, 2.45) is 0 Å². The van der Waals surface area contributed by atoms with Crippen molar-refractivity contribution in [1.82, 2.24) is 0 Å². The van der Waals surface area contributed by atoms with Crippen LogP contribution in [0.15, 0.2) is 12.1 Å². The van der Waals surface area contributed by atoms with Gasteiger partial charge in [-0.05, 0) is 24.1 Å². The lowest BCUT2D eigenvalue weighted by Crippen LogP contribution is -2.29. The molecule has 0 bridgehead atoms. The van der Waals surface area contributed by atoms with E-state index in [1.165, 1.54) is 6.07 Å². The number of aliphatic hydroxyl groups is 2. The number of hydrogen-bond donors (Lipinski definition) is 2. The van der Waals surface area contributed by atoms with Crippen LogP contribution >= 0.6 is 0 Å². The highest BCUT2D eigenvalue weighted by Crippen LogP contribution is 2.38. The lowest BCUT2D eigenvalue weighted by atomic mass is 10.0. The lowest BCUT2D eigenvalue weighted by molar-refractivity contribution is -0.150. The molecule has 0 fully saturated rings. The number of hydrogen-bond acceptors (Lipinski definition) is 5. The zero-order valence-corrected chi connectivity index (χ0v) is 11.0. The summed E-state index contributed by atoms with van der Waals surface area (Å²) in [6, 6.07) is 2.43. The number of rotatable bonds is 2. The van der Waals surface area contributed by atoms with Crippen molar-refractivity contribution in [3.8, 4) is 5.75 Å². The van der Waals surface area contributed by atoms with Crippen LogP contribution in [0.25, 0.3) is 0 Å². The molecule has 0 amide bonds. The molecule has 0 saturated heterocycles. The summed E-state index contributed by atoms with van der Waals surface area (Å²) in [5.74, 6) is -2.65. The summed E-state index contributed by atoms with van der Waals surface area (Å²) in [7, 11) is -5.79. The van der Waals surface area contributed by atoms with Crippen LogP contribution in [0.2, 0.25) is 0 Å². The van der Waals surface area contributed by atoms with E-state index >= 15 is 0 Å². The molecule has 2 rings (SSSR count).